The topological polar surface area (TPSA) is 78.8 Å². The van der Waals surface area contributed by atoms with Crippen LogP contribution in [0, 0.1) is 17.5 Å². The van der Waals surface area contributed by atoms with Gasteiger partial charge in [-0.25, -0.2) is 13.2 Å². The standard InChI is InChI=1S/C40H45F3N2O5/c1-24(2)36-35(38(47)44-32-18-17-28(42)21-31(32)43)34(25-11-9-8-10-12-25)37(26-13-15-27(41)16-14-26)45(36)20-19-29-22-30(49-40(6,7)48-29)23-33(46)50-39(3,4)5/h8-18,21,24,29-30H,19-20,22-23H2,1-7H3,(H,44,47)/t29-,30-/m1/s1. The van der Waals surface area contributed by atoms with Gasteiger partial charge >= 0.3 is 5.97 Å². The average molecular weight is 691 g/mol. The van der Waals surface area contributed by atoms with Crippen LogP contribution in [0.2, 0.25) is 0 Å². The summed E-state index contributed by atoms with van der Waals surface area (Å²) >= 11 is 0. The molecule has 1 aliphatic heterocycles. The quantitative estimate of drug-likeness (QED) is 0.168. The van der Waals surface area contributed by atoms with Crippen molar-refractivity contribution < 1.29 is 37.0 Å². The van der Waals surface area contributed by atoms with Gasteiger partial charge in [-0.3, -0.25) is 9.59 Å². The zero-order valence-electron chi connectivity index (χ0n) is 29.6. The van der Waals surface area contributed by atoms with Crippen molar-refractivity contribution >= 4 is 17.6 Å². The number of hydrogen-bond acceptors (Lipinski definition) is 5. The molecule has 1 amide bonds. The first-order valence-corrected chi connectivity index (χ1v) is 16.9. The van der Waals surface area contributed by atoms with E-state index in [0.717, 1.165) is 17.7 Å². The van der Waals surface area contributed by atoms with Crippen molar-refractivity contribution in [3.8, 4) is 22.4 Å². The largest absolute Gasteiger partial charge is 0.460 e. The fourth-order valence-corrected chi connectivity index (χ4v) is 6.63. The molecule has 7 nitrogen and oxygen atoms in total. The second-order valence-electron chi connectivity index (χ2n) is 14.4. The summed E-state index contributed by atoms with van der Waals surface area (Å²) in [6.07, 6.45) is 0.249. The molecule has 3 aromatic carbocycles. The third kappa shape index (κ3) is 8.84. The summed E-state index contributed by atoms with van der Waals surface area (Å²) in [5.41, 5.74) is 2.91. The molecular weight excluding hydrogens is 645 g/mol. The van der Waals surface area contributed by atoms with Gasteiger partial charge in [0.2, 0.25) is 0 Å². The van der Waals surface area contributed by atoms with Crippen LogP contribution in [0.15, 0.2) is 72.8 Å². The second-order valence-corrected chi connectivity index (χ2v) is 14.4. The summed E-state index contributed by atoms with van der Waals surface area (Å²) in [6, 6.07) is 18.4. The van der Waals surface area contributed by atoms with E-state index in [2.05, 4.69) is 9.88 Å². The molecule has 0 radical (unpaired) electrons. The highest BCUT2D eigenvalue weighted by molar-refractivity contribution is 6.12. The molecule has 0 bridgehead atoms. The number of hydrogen-bond donors (Lipinski definition) is 1. The lowest BCUT2D eigenvalue weighted by molar-refractivity contribution is -0.301. The van der Waals surface area contributed by atoms with Gasteiger partial charge in [-0.05, 0) is 94.5 Å². The number of nitrogens with one attached hydrogen (secondary N) is 1. The number of aromatic nitrogens is 1. The Balaban J connectivity index is 1.61. The Hall–Kier alpha value is -4.41. The molecule has 2 atom stereocenters. The molecular formula is C40H45F3N2O5. The van der Waals surface area contributed by atoms with Gasteiger partial charge in [0.1, 0.15) is 23.1 Å². The van der Waals surface area contributed by atoms with E-state index in [4.69, 9.17) is 14.2 Å². The van der Waals surface area contributed by atoms with Gasteiger partial charge in [-0.2, -0.15) is 0 Å². The SMILES string of the molecule is CC(C)c1c(C(=O)Nc2ccc(F)cc2F)c(-c2ccccc2)c(-c2ccc(F)cc2)n1CC[C@@H]1C[C@H](CC(=O)OC(C)(C)C)OC(C)(C)O1. The number of nitrogens with zero attached hydrogens (tertiary/aromatic N) is 1. The van der Waals surface area contributed by atoms with Gasteiger partial charge in [0.25, 0.3) is 5.91 Å². The maximum Gasteiger partial charge on any atom is 0.308 e. The molecule has 0 spiro atoms. The van der Waals surface area contributed by atoms with Crippen molar-refractivity contribution in [2.24, 2.45) is 0 Å². The van der Waals surface area contributed by atoms with Crippen molar-refractivity contribution in [2.75, 3.05) is 5.32 Å². The van der Waals surface area contributed by atoms with Crippen LogP contribution in [0.4, 0.5) is 18.9 Å². The molecule has 1 saturated heterocycles. The summed E-state index contributed by atoms with van der Waals surface area (Å²) in [4.78, 5) is 27.1. The van der Waals surface area contributed by atoms with Crippen LogP contribution in [-0.4, -0.2) is 40.0 Å². The van der Waals surface area contributed by atoms with Gasteiger partial charge in [-0.15, -0.1) is 0 Å². The van der Waals surface area contributed by atoms with Crippen LogP contribution in [0.5, 0.6) is 0 Å². The lowest BCUT2D eigenvalue weighted by atomic mass is 9.94. The molecule has 10 heteroatoms. The van der Waals surface area contributed by atoms with Crippen molar-refractivity contribution in [1.82, 2.24) is 4.57 Å². The van der Waals surface area contributed by atoms with Gasteiger partial charge in [-0.1, -0.05) is 44.2 Å². The Bertz CT molecular complexity index is 1830. The third-order valence-electron chi connectivity index (χ3n) is 8.35. The molecule has 1 aromatic heterocycles. The first-order valence-electron chi connectivity index (χ1n) is 16.9. The van der Waals surface area contributed by atoms with E-state index in [1.54, 1.807) is 12.1 Å². The second kappa shape index (κ2) is 14.8. The molecule has 0 saturated carbocycles. The number of halogens is 3. The summed E-state index contributed by atoms with van der Waals surface area (Å²) in [6.45, 7) is 13.4. The van der Waals surface area contributed by atoms with E-state index in [9.17, 15) is 22.8 Å². The monoisotopic (exact) mass is 690 g/mol. The lowest BCUT2D eigenvalue weighted by Gasteiger charge is -2.41. The molecule has 2 heterocycles. The molecule has 266 valence electrons. The fourth-order valence-electron chi connectivity index (χ4n) is 6.63. The maximum absolute atomic E-state index is 14.8. The fraction of sp³-hybridized carbons (Fsp3) is 0.400. The molecule has 5 rings (SSSR count). The first-order chi connectivity index (χ1) is 23.5. The average Bonchev–Trinajstić information content (AvgIpc) is 3.36. The summed E-state index contributed by atoms with van der Waals surface area (Å²) in [5, 5.41) is 2.68. The van der Waals surface area contributed by atoms with Crippen LogP contribution in [0.25, 0.3) is 22.4 Å². The molecule has 1 fully saturated rings. The Kier molecular flexibility index (Phi) is 10.9. The minimum absolute atomic E-state index is 0.0740. The number of rotatable bonds is 10. The van der Waals surface area contributed by atoms with E-state index in [1.165, 1.54) is 18.2 Å². The van der Waals surface area contributed by atoms with E-state index < -0.39 is 40.9 Å². The van der Waals surface area contributed by atoms with Crippen molar-refractivity contribution in [2.45, 2.75) is 104 Å². The van der Waals surface area contributed by atoms with E-state index in [-0.39, 0.29) is 30.1 Å². The highest BCUT2D eigenvalue weighted by atomic mass is 19.1. The number of carbonyl (C=O) groups is 2. The van der Waals surface area contributed by atoms with Gasteiger partial charge in [0.05, 0.1) is 35.6 Å². The first kappa shape index (κ1) is 36.9. The van der Waals surface area contributed by atoms with E-state index in [0.29, 0.717) is 47.5 Å². The van der Waals surface area contributed by atoms with Crippen LogP contribution in [0.3, 0.4) is 0 Å². The van der Waals surface area contributed by atoms with Crippen molar-refractivity contribution in [3.05, 3.63) is 102 Å². The van der Waals surface area contributed by atoms with Crippen LogP contribution >= 0.6 is 0 Å². The van der Waals surface area contributed by atoms with Gasteiger partial charge in [0.15, 0.2) is 5.79 Å². The number of ether oxygens (including phenoxy) is 3. The number of esters is 1. The maximum atomic E-state index is 14.8. The molecule has 1 N–H and O–H groups in total. The van der Waals surface area contributed by atoms with Crippen molar-refractivity contribution in [3.63, 3.8) is 0 Å². The van der Waals surface area contributed by atoms with E-state index >= 15 is 0 Å². The Labute approximate surface area is 291 Å². The lowest BCUT2D eigenvalue weighted by Crippen LogP contribution is -2.46. The van der Waals surface area contributed by atoms with Crippen LogP contribution in [0.1, 0.15) is 89.7 Å². The number of carbonyl (C=O) groups excluding carboxylic acids is 2. The molecule has 0 aliphatic carbocycles. The zero-order chi connectivity index (χ0) is 36.4. The smallest absolute Gasteiger partial charge is 0.308 e. The Morgan fingerprint density at radius 1 is 0.920 bits per heavy atom. The Morgan fingerprint density at radius 2 is 1.56 bits per heavy atom. The normalized spacial score (nSPS) is 17.5. The number of amides is 1. The summed E-state index contributed by atoms with van der Waals surface area (Å²) < 4.78 is 62.9. The Morgan fingerprint density at radius 3 is 2.18 bits per heavy atom. The molecule has 0 unspecified atom stereocenters. The zero-order valence-corrected chi connectivity index (χ0v) is 29.6. The highest BCUT2D eigenvalue weighted by Crippen LogP contribution is 2.43. The molecule has 1 aliphatic rings. The van der Waals surface area contributed by atoms with Crippen LogP contribution < -0.4 is 5.32 Å². The summed E-state index contributed by atoms with van der Waals surface area (Å²) in [7, 11) is 0. The third-order valence-corrected chi connectivity index (χ3v) is 8.35. The van der Waals surface area contributed by atoms with E-state index in [1.807, 2.05) is 78.8 Å². The van der Waals surface area contributed by atoms with Crippen LogP contribution in [-0.2, 0) is 25.5 Å². The minimum atomic E-state index is -0.966. The molecule has 50 heavy (non-hydrogen) atoms. The number of benzene rings is 3. The molecule has 4 aromatic rings. The predicted molar refractivity (Wildman–Crippen MR) is 187 cm³/mol. The van der Waals surface area contributed by atoms with Gasteiger partial charge in [0, 0.05) is 30.3 Å². The summed E-state index contributed by atoms with van der Waals surface area (Å²) in [5.74, 6) is -4.15. The van der Waals surface area contributed by atoms with Crippen molar-refractivity contribution in [1.29, 1.82) is 0 Å². The number of anilines is 1. The predicted octanol–water partition coefficient (Wildman–Crippen LogP) is 9.65. The van der Waals surface area contributed by atoms with Gasteiger partial charge < -0.3 is 24.1 Å². The minimum Gasteiger partial charge on any atom is -0.460 e. The highest BCUT2D eigenvalue weighted by Gasteiger charge is 2.38.